The van der Waals surface area contributed by atoms with Crippen molar-refractivity contribution in [3.05, 3.63) is 53.3 Å². The van der Waals surface area contributed by atoms with E-state index in [0.717, 1.165) is 30.1 Å². The molecule has 0 aliphatic carbocycles. The van der Waals surface area contributed by atoms with Gasteiger partial charge in [-0.05, 0) is 41.8 Å². The molecule has 0 aliphatic heterocycles. The second-order valence-corrected chi connectivity index (χ2v) is 6.23. The third-order valence-corrected chi connectivity index (χ3v) is 4.42. The Bertz CT molecular complexity index is 811. The van der Waals surface area contributed by atoms with Gasteiger partial charge in [0.2, 0.25) is 0 Å². The summed E-state index contributed by atoms with van der Waals surface area (Å²) in [6, 6.07) is 10.8. The van der Waals surface area contributed by atoms with Crippen molar-refractivity contribution >= 4 is 5.96 Å². The predicted octanol–water partition coefficient (Wildman–Crippen LogP) is 3.10. The quantitative estimate of drug-likeness (QED) is 0.555. The van der Waals surface area contributed by atoms with Crippen molar-refractivity contribution in [1.82, 2.24) is 10.2 Å². The second-order valence-electron chi connectivity index (χ2n) is 6.23. The first-order chi connectivity index (χ1) is 13.5. The first-order valence-electron chi connectivity index (χ1n) is 8.97. The topological polar surface area (TPSA) is 55.3 Å². The van der Waals surface area contributed by atoms with Gasteiger partial charge in [-0.25, -0.2) is 4.39 Å². The van der Waals surface area contributed by atoms with Gasteiger partial charge >= 0.3 is 0 Å². The van der Waals surface area contributed by atoms with Crippen LogP contribution in [-0.4, -0.2) is 52.8 Å². The summed E-state index contributed by atoms with van der Waals surface area (Å²) < 4.78 is 29.4. The summed E-state index contributed by atoms with van der Waals surface area (Å²) >= 11 is 0. The number of aliphatic imine (C=N–C) groups is 1. The highest BCUT2D eigenvalue weighted by Crippen LogP contribution is 2.27. The summed E-state index contributed by atoms with van der Waals surface area (Å²) in [5.74, 6) is 2.02. The van der Waals surface area contributed by atoms with E-state index < -0.39 is 0 Å². The van der Waals surface area contributed by atoms with Crippen molar-refractivity contribution in [3.63, 3.8) is 0 Å². The van der Waals surface area contributed by atoms with Crippen LogP contribution in [0.4, 0.5) is 4.39 Å². The lowest BCUT2D eigenvalue weighted by molar-refractivity contribution is 0.354. The Morgan fingerprint density at radius 3 is 2.21 bits per heavy atom. The van der Waals surface area contributed by atoms with Gasteiger partial charge in [0.25, 0.3) is 0 Å². The minimum absolute atomic E-state index is 0.236. The summed E-state index contributed by atoms with van der Waals surface area (Å²) in [5.41, 5.74) is 1.95. The van der Waals surface area contributed by atoms with Crippen LogP contribution in [-0.2, 0) is 13.0 Å². The number of nitrogens with zero attached hydrogens (tertiary/aromatic N) is 2. The summed E-state index contributed by atoms with van der Waals surface area (Å²) in [5, 5.41) is 3.25. The molecule has 7 heteroatoms. The van der Waals surface area contributed by atoms with Crippen LogP contribution >= 0.6 is 0 Å². The van der Waals surface area contributed by atoms with E-state index in [2.05, 4.69) is 10.3 Å². The largest absolute Gasteiger partial charge is 0.494 e. The number of halogens is 1. The molecule has 0 fully saturated rings. The molecule has 2 aromatic rings. The van der Waals surface area contributed by atoms with E-state index in [-0.39, 0.29) is 11.6 Å². The number of benzene rings is 2. The predicted molar refractivity (Wildman–Crippen MR) is 109 cm³/mol. The molecule has 2 aromatic carbocycles. The summed E-state index contributed by atoms with van der Waals surface area (Å²) in [4.78, 5) is 6.33. The summed E-state index contributed by atoms with van der Waals surface area (Å²) in [6.07, 6.45) is 0.814. The van der Waals surface area contributed by atoms with E-state index in [0.29, 0.717) is 18.0 Å². The molecule has 0 aliphatic rings. The second kappa shape index (κ2) is 10.4. The number of ether oxygens (including phenoxy) is 3. The number of hydrogen-bond acceptors (Lipinski definition) is 4. The Morgan fingerprint density at radius 2 is 1.61 bits per heavy atom. The molecular formula is C21H28FN3O3. The maximum atomic E-state index is 13.8. The van der Waals surface area contributed by atoms with Crippen LogP contribution in [0.1, 0.15) is 11.1 Å². The van der Waals surface area contributed by atoms with Gasteiger partial charge in [0.1, 0.15) is 0 Å². The third-order valence-electron chi connectivity index (χ3n) is 4.42. The highest BCUT2D eigenvalue weighted by Gasteiger charge is 2.09. The average molecular weight is 389 g/mol. The fourth-order valence-corrected chi connectivity index (χ4v) is 2.82. The van der Waals surface area contributed by atoms with Crippen LogP contribution in [0.3, 0.4) is 0 Å². The minimum Gasteiger partial charge on any atom is -0.494 e. The van der Waals surface area contributed by atoms with Crippen molar-refractivity contribution in [1.29, 1.82) is 0 Å². The smallest absolute Gasteiger partial charge is 0.193 e. The molecule has 0 atom stereocenters. The molecule has 0 heterocycles. The number of likely N-dealkylation sites (N-methyl/N-ethyl adjacent to an activating group) is 1. The molecule has 0 unspecified atom stereocenters. The number of methoxy groups -OCH3 is 3. The molecule has 1 N–H and O–H groups in total. The van der Waals surface area contributed by atoms with E-state index in [4.69, 9.17) is 14.2 Å². The van der Waals surface area contributed by atoms with E-state index in [9.17, 15) is 4.39 Å². The van der Waals surface area contributed by atoms with Crippen molar-refractivity contribution < 1.29 is 18.6 Å². The average Bonchev–Trinajstić information content (AvgIpc) is 2.72. The maximum absolute atomic E-state index is 13.8. The SMILES string of the molecule is CN=C(NCc1ccc(OC)c(F)c1)N(C)CCc1ccc(OC)c(OC)c1. The normalized spacial score (nSPS) is 11.1. The Morgan fingerprint density at radius 1 is 0.964 bits per heavy atom. The number of hydrogen-bond donors (Lipinski definition) is 1. The maximum Gasteiger partial charge on any atom is 0.193 e. The minimum atomic E-state index is -0.376. The molecule has 0 bridgehead atoms. The van der Waals surface area contributed by atoms with E-state index in [1.54, 1.807) is 27.3 Å². The molecule has 0 spiro atoms. The van der Waals surface area contributed by atoms with Crippen LogP contribution in [0.2, 0.25) is 0 Å². The number of guanidine groups is 1. The first kappa shape index (κ1) is 21.3. The van der Waals surface area contributed by atoms with Gasteiger partial charge in [-0.15, -0.1) is 0 Å². The molecule has 28 heavy (non-hydrogen) atoms. The Balaban J connectivity index is 1.93. The van der Waals surface area contributed by atoms with Crippen LogP contribution < -0.4 is 19.5 Å². The monoisotopic (exact) mass is 389 g/mol. The number of rotatable bonds is 8. The molecule has 0 saturated heterocycles. The lowest BCUT2D eigenvalue weighted by atomic mass is 10.1. The Hall–Kier alpha value is -2.96. The van der Waals surface area contributed by atoms with Crippen LogP contribution in [0.5, 0.6) is 17.2 Å². The Labute approximate surface area is 165 Å². The lowest BCUT2D eigenvalue weighted by Crippen LogP contribution is -2.39. The van der Waals surface area contributed by atoms with Crippen molar-refractivity contribution in [3.8, 4) is 17.2 Å². The van der Waals surface area contributed by atoms with Crippen LogP contribution in [0, 0.1) is 5.82 Å². The summed E-state index contributed by atoms with van der Waals surface area (Å²) in [7, 11) is 8.39. The van der Waals surface area contributed by atoms with E-state index >= 15 is 0 Å². The molecule has 0 amide bonds. The van der Waals surface area contributed by atoms with Crippen LogP contribution in [0.15, 0.2) is 41.4 Å². The zero-order valence-corrected chi connectivity index (χ0v) is 17.1. The molecule has 152 valence electrons. The fraction of sp³-hybridized carbons (Fsp3) is 0.381. The Kier molecular flexibility index (Phi) is 7.92. The number of nitrogens with one attached hydrogen (secondary N) is 1. The molecule has 0 radical (unpaired) electrons. The van der Waals surface area contributed by atoms with Gasteiger partial charge in [0.05, 0.1) is 21.3 Å². The zero-order chi connectivity index (χ0) is 20.5. The highest BCUT2D eigenvalue weighted by atomic mass is 19.1. The van der Waals surface area contributed by atoms with Crippen molar-refractivity contribution in [2.45, 2.75) is 13.0 Å². The molecule has 6 nitrogen and oxygen atoms in total. The van der Waals surface area contributed by atoms with E-state index in [1.165, 1.54) is 13.2 Å². The molecule has 0 aromatic heterocycles. The van der Waals surface area contributed by atoms with Gasteiger partial charge in [0, 0.05) is 27.2 Å². The molecule has 2 rings (SSSR count). The first-order valence-corrected chi connectivity index (χ1v) is 8.97. The van der Waals surface area contributed by atoms with Crippen LogP contribution in [0.25, 0.3) is 0 Å². The standard InChI is InChI=1S/C21H28FN3O3/c1-23-21(24-14-16-7-8-18(26-3)17(22)12-16)25(2)11-10-15-6-9-19(27-4)20(13-15)28-5/h6-9,12-13H,10-11,14H2,1-5H3,(H,23,24). The van der Waals surface area contributed by atoms with Gasteiger partial charge in [-0.3, -0.25) is 4.99 Å². The van der Waals surface area contributed by atoms with Crippen molar-refractivity contribution in [2.75, 3.05) is 42.0 Å². The summed E-state index contributed by atoms with van der Waals surface area (Å²) in [6.45, 7) is 1.22. The third kappa shape index (κ3) is 5.52. The van der Waals surface area contributed by atoms with Gasteiger partial charge in [-0.2, -0.15) is 0 Å². The molecular weight excluding hydrogens is 361 g/mol. The fourth-order valence-electron chi connectivity index (χ4n) is 2.82. The van der Waals surface area contributed by atoms with E-state index in [1.807, 2.05) is 36.2 Å². The molecule has 0 saturated carbocycles. The highest BCUT2D eigenvalue weighted by molar-refractivity contribution is 5.79. The van der Waals surface area contributed by atoms with Gasteiger partial charge < -0.3 is 24.4 Å². The van der Waals surface area contributed by atoms with Gasteiger partial charge in [-0.1, -0.05) is 12.1 Å². The lowest BCUT2D eigenvalue weighted by Gasteiger charge is -2.22. The van der Waals surface area contributed by atoms with Gasteiger partial charge in [0.15, 0.2) is 29.0 Å². The zero-order valence-electron chi connectivity index (χ0n) is 17.1. The van der Waals surface area contributed by atoms with Crippen molar-refractivity contribution in [2.24, 2.45) is 4.99 Å².